The van der Waals surface area contributed by atoms with Crippen LogP contribution in [0.5, 0.6) is 0 Å². The van der Waals surface area contributed by atoms with Crippen LogP contribution in [0.2, 0.25) is 0 Å². The summed E-state index contributed by atoms with van der Waals surface area (Å²) in [6, 6.07) is 4.29. The fraction of sp³-hybridized carbons (Fsp3) is 0.471. The molecular formula is C17H26IN7S. The summed E-state index contributed by atoms with van der Waals surface area (Å²) in [5.41, 5.74) is 0. The number of guanidine groups is 1. The minimum atomic E-state index is 0. The number of hydrogen-bond donors (Lipinski definition) is 1. The molecule has 1 N–H and O–H groups in total. The molecule has 1 aliphatic rings. The third-order valence-electron chi connectivity index (χ3n) is 4.35. The van der Waals surface area contributed by atoms with Crippen molar-refractivity contribution in [3.05, 3.63) is 41.8 Å². The number of aliphatic imine (C=N–C) groups is 1. The van der Waals surface area contributed by atoms with Gasteiger partial charge in [-0.25, -0.2) is 4.99 Å². The van der Waals surface area contributed by atoms with Crippen LogP contribution in [0.25, 0.3) is 0 Å². The van der Waals surface area contributed by atoms with Crippen molar-refractivity contribution in [2.24, 2.45) is 12.0 Å². The molecule has 0 atom stereocenters. The third-order valence-corrected chi connectivity index (χ3v) is 5.28. The first-order valence-corrected chi connectivity index (χ1v) is 9.34. The van der Waals surface area contributed by atoms with Crippen LogP contribution >= 0.6 is 35.3 Å². The molecule has 1 fully saturated rings. The Morgan fingerprint density at radius 3 is 2.69 bits per heavy atom. The van der Waals surface area contributed by atoms with E-state index in [0.717, 1.165) is 43.8 Å². The standard InChI is InChI=1S/C17H25N7S.HI/c1-4-7-18-17(19-13-15-21-20-14(2)22(15)3)24-10-8-23(9-11-24)16-6-5-12-25-16;/h4-6,12H,1,7-11,13H2,2-3H3,(H,18,19);1H. The number of thiophene rings is 1. The van der Waals surface area contributed by atoms with Crippen molar-refractivity contribution in [2.45, 2.75) is 13.5 Å². The first kappa shape index (κ1) is 20.7. The normalized spacial score (nSPS) is 14.9. The molecule has 26 heavy (non-hydrogen) atoms. The van der Waals surface area contributed by atoms with Crippen LogP contribution in [0.4, 0.5) is 5.00 Å². The third kappa shape index (κ3) is 4.97. The molecule has 0 saturated carbocycles. The number of aryl methyl sites for hydroxylation is 1. The number of hydrogen-bond acceptors (Lipinski definition) is 5. The van der Waals surface area contributed by atoms with Gasteiger partial charge in [0.25, 0.3) is 0 Å². The van der Waals surface area contributed by atoms with Gasteiger partial charge < -0.3 is 19.7 Å². The molecule has 0 radical (unpaired) electrons. The molecule has 0 aromatic carbocycles. The quantitative estimate of drug-likeness (QED) is 0.304. The first-order chi connectivity index (χ1) is 12.2. The Balaban J connectivity index is 0.00000243. The highest BCUT2D eigenvalue weighted by Crippen LogP contribution is 2.22. The van der Waals surface area contributed by atoms with Gasteiger partial charge in [0, 0.05) is 39.8 Å². The van der Waals surface area contributed by atoms with Gasteiger partial charge in [0.2, 0.25) is 0 Å². The monoisotopic (exact) mass is 487 g/mol. The highest BCUT2D eigenvalue weighted by Gasteiger charge is 2.20. The van der Waals surface area contributed by atoms with Crippen LogP contribution < -0.4 is 10.2 Å². The Kier molecular flexibility index (Phi) is 7.88. The zero-order chi connectivity index (χ0) is 17.6. The van der Waals surface area contributed by atoms with Crippen LogP contribution in [-0.2, 0) is 13.6 Å². The summed E-state index contributed by atoms with van der Waals surface area (Å²) in [5.74, 6) is 2.68. The molecular weight excluding hydrogens is 461 g/mol. The lowest BCUT2D eigenvalue weighted by atomic mass is 10.3. The Morgan fingerprint density at radius 1 is 1.35 bits per heavy atom. The topological polar surface area (TPSA) is 61.6 Å². The first-order valence-electron chi connectivity index (χ1n) is 8.46. The zero-order valence-corrected chi connectivity index (χ0v) is 18.4. The van der Waals surface area contributed by atoms with Gasteiger partial charge in [0.1, 0.15) is 12.4 Å². The van der Waals surface area contributed by atoms with Crippen molar-refractivity contribution in [1.82, 2.24) is 25.0 Å². The highest BCUT2D eigenvalue weighted by atomic mass is 127. The van der Waals surface area contributed by atoms with Gasteiger partial charge in [-0.1, -0.05) is 6.08 Å². The molecule has 7 nitrogen and oxygen atoms in total. The molecule has 3 rings (SSSR count). The van der Waals surface area contributed by atoms with Gasteiger partial charge in [-0.3, -0.25) is 0 Å². The van der Waals surface area contributed by atoms with E-state index in [1.54, 1.807) is 11.3 Å². The summed E-state index contributed by atoms with van der Waals surface area (Å²) in [7, 11) is 1.97. The number of piperazine rings is 1. The van der Waals surface area contributed by atoms with E-state index in [4.69, 9.17) is 4.99 Å². The second kappa shape index (κ2) is 9.91. The lowest BCUT2D eigenvalue weighted by Crippen LogP contribution is -2.52. The fourth-order valence-electron chi connectivity index (χ4n) is 2.75. The van der Waals surface area contributed by atoms with E-state index in [1.807, 2.05) is 24.6 Å². The summed E-state index contributed by atoms with van der Waals surface area (Å²) >= 11 is 1.79. The molecule has 3 heterocycles. The van der Waals surface area contributed by atoms with E-state index in [9.17, 15) is 0 Å². The Hall–Kier alpha value is -1.62. The summed E-state index contributed by atoms with van der Waals surface area (Å²) in [6.07, 6.45) is 1.85. The fourth-order valence-corrected chi connectivity index (χ4v) is 3.54. The lowest BCUT2D eigenvalue weighted by molar-refractivity contribution is 0.374. The predicted octanol–water partition coefficient (Wildman–Crippen LogP) is 2.26. The van der Waals surface area contributed by atoms with E-state index in [2.05, 4.69) is 49.4 Å². The van der Waals surface area contributed by atoms with Crippen molar-refractivity contribution in [2.75, 3.05) is 37.6 Å². The summed E-state index contributed by atoms with van der Waals surface area (Å²) in [6.45, 7) is 10.8. The minimum absolute atomic E-state index is 0. The maximum atomic E-state index is 4.76. The van der Waals surface area contributed by atoms with E-state index < -0.39 is 0 Å². The number of anilines is 1. The van der Waals surface area contributed by atoms with Crippen molar-refractivity contribution < 1.29 is 0 Å². The Labute approximate surface area is 175 Å². The molecule has 0 unspecified atom stereocenters. The largest absolute Gasteiger partial charge is 0.360 e. The Morgan fingerprint density at radius 2 is 2.12 bits per heavy atom. The summed E-state index contributed by atoms with van der Waals surface area (Å²) < 4.78 is 1.98. The van der Waals surface area contributed by atoms with Crippen molar-refractivity contribution >= 4 is 46.3 Å². The van der Waals surface area contributed by atoms with Gasteiger partial charge in [0.15, 0.2) is 11.8 Å². The SMILES string of the molecule is C=CCNC(=NCc1nnc(C)n1C)N1CCN(c2cccs2)CC1.I. The predicted molar refractivity (Wildman–Crippen MR) is 119 cm³/mol. The van der Waals surface area contributed by atoms with Gasteiger partial charge in [-0.15, -0.1) is 52.1 Å². The van der Waals surface area contributed by atoms with E-state index >= 15 is 0 Å². The van der Waals surface area contributed by atoms with E-state index in [-0.39, 0.29) is 24.0 Å². The summed E-state index contributed by atoms with van der Waals surface area (Å²) in [5, 5.41) is 15.1. The summed E-state index contributed by atoms with van der Waals surface area (Å²) in [4.78, 5) is 9.49. The van der Waals surface area contributed by atoms with Crippen LogP contribution in [-0.4, -0.2) is 58.3 Å². The number of nitrogens with one attached hydrogen (secondary N) is 1. The van der Waals surface area contributed by atoms with Crippen LogP contribution in [0, 0.1) is 6.92 Å². The second-order valence-corrected chi connectivity index (χ2v) is 6.88. The van der Waals surface area contributed by atoms with Crippen LogP contribution in [0.1, 0.15) is 11.6 Å². The van der Waals surface area contributed by atoms with Crippen LogP contribution in [0.3, 0.4) is 0 Å². The molecule has 2 aromatic rings. The molecule has 2 aromatic heterocycles. The molecule has 142 valence electrons. The number of aromatic nitrogens is 3. The van der Waals surface area contributed by atoms with Crippen molar-refractivity contribution in [1.29, 1.82) is 0 Å². The number of nitrogens with zero attached hydrogens (tertiary/aromatic N) is 6. The second-order valence-electron chi connectivity index (χ2n) is 5.96. The average Bonchev–Trinajstić information content (AvgIpc) is 3.28. The maximum Gasteiger partial charge on any atom is 0.194 e. The highest BCUT2D eigenvalue weighted by molar-refractivity contribution is 14.0. The van der Waals surface area contributed by atoms with Crippen LogP contribution in [0.15, 0.2) is 35.2 Å². The molecule has 0 bridgehead atoms. The smallest absolute Gasteiger partial charge is 0.194 e. The van der Waals surface area contributed by atoms with Gasteiger partial charge in [-0.05, 0) is 24.4 Å². The molecule has 9 heteroatoms. The Bertz CT molecular complexity index is 718. The van der Waals surface area contributed by atoms with Gasteiger partial charge >= 0.3 is 0 Å². The zero-order valence-electron chi connectivity index (χ0n) is 15.3. The van der Waals surface area contributed by atoms with Crippen molar-refractivity contribution in [3.63, 3.8) is 0 Å². The molecule has 0 amide bonds. The van der Waals surface area contributed by atoms with Gasteiger partial charge in [-0.2, -0.15) is 0 Å². The number of rotatable bonds is 5. The lowest BCUT2D eigenvalue weighted by Gasteiger charge is -2.37. The van der Waals surface area contributed by atoms with Crippen molar-refractivity contribution in [3.8, 4) is 0 Å². The molecule has 0 aliphatic carbocycles. The van der Waals surface area contributed by atoms with E-state index in [1.165, 1.54) is 5.00 Å². The maximum absolute atomic E-state index is 4.76. The molecule has 0 spiro atoms. The molecule has 1 aliphatic heterocycles. The van der Waals surface area contributed by atoms with E-state index in [0.29, 0.717) is 13.1 Å². The molecule has 1 saturated heterocycles. The minimum Gasteiger partial charge on any atom is -0.360 e. The number of halogens is 1. The average molecular weight is 487 g/mol. The van der Waals surface area contributed by atoms with Gasteiger partial charge in [0.05, 0.1) is 5.00 Å².